The molecule has 1 amide bonds. The van der Waals surface area contributed by atoms with Crippen molar-refractivity contribution >= 4 is 25.5 Å². The Labute approximate surface area is 252 Å². The summed E-state index contributed by atoms with van der Waals surface area (Å²) in [5, 5.41) is 3.00. The molecule has 7 nitrogen and oxygen atoms in total. The first kappa shape index (κ1) is 39.9. The first-order valence-corrected chi connectivity index (χ1v) is 19.0. The van der Waals surface area contributed by atoms with E-state index < -0.39 is 7.82 Å². The Hall–Kier alpha value is -0.110. The molecule has 0 rings (SSSR count). The molecule has 0 bridgehead atoms. The van der Waals surface area contributed by atoms with Crippen LogP contribution in [0.25, 0.3) is 0 Å². The highest BCUT2D eigenvalue weighted by Gasteiger charge is 2.18. The van der Waals surface area contributed by atoms with Gasteiger partial charge in [-0.05, 0) is 18.6 Å². The van der Waals surface area contributed by atoms with Crippen molar-refractivity contribution in [2.24, 2.45) is 0 Å². The number of phosphoric ester groups is 1. The second-order valence-electron chi connectivity index (χ2n) is 12.3. The third-order valence-corrected chi connectivity index (χ3v) is 9.21. The van der Waals surface area contributed by atoms with Crippen LogP contribution in [0.15, 0.2) is 0 Å². The number of amides is 1. The minimum atomic E-state index is -4.40. The van der Waals surface area contributed by atoms with Gasteiger partial charge in [0.1, 0.15) is 13.2 Å². The van der Waals surface area contributed by atoms with Gasteiger partial charge in [0, 0.05) is 12.2 Å². The zero-order valence-electron chi connectivity index (χ0n) is 26.9. The minimum Gasteiger partial charge on any atom is -0.756 e. The first-order chi connectivity index (χ1) is 19.1. The normalized spacial score (nSPS) is 14.2. The van der Waals surface area contributed by atoms with E-state index in [9.17, 15) is 14.3 Å². The van der Waals surface area contributed by atoms with Gasteiger partial charge < -0.3 is 23.7 Å². The Morgan fingerprint density at radius 2 is 1.25 bits per heavy atom. The van der Waals surface area contributed by atoms with E-state index in [0.717, 1.165) is 37.9 Å². The van der Waals surface area contributed by atoms with Crippen molar-refractivity contribution in [3.63, 3.8) is 0 Å². The second kappa shape index (κ2) is 26.5. The van der Waals surface area contributed by atoms with Crippen molar-refractivity contribution in [3.05, 3.63) is 0 Å². The molecule has 1 unspecified atom stereocenters. The van der Waals surface area contributed by atoms with E-state index in [4.69, 9.17) is 9.05 Å². The Bertz CT molecular complexity index is 633. The summed E-state index contributed by atoms with van der Waals surface area (Å²) in [5.74, 6) is 1.61. The number of carbonyl (C=O) groups excluding carboxylic acids is 1. The Morgan fingerprint density at radius 3 is 1.75 bits per heavy atom. The quantitative estimate of drug-likeness (QED) is 0.0507. The molecule has 2 atom stereocenters. The molecular weight excluding hydrogens is 543 g/mol. The van der Waals surface area contributed by atoms with Crippen molar-refractivity contribution < 1.29 is 27.8 Å². The number of carbonyl (C=O) groups is 1. The fourth-order valence-corrected chi connectivity index (χ4v) is 6.19. The largest absolute Gasteiger partial charge is 0.756 e. The zero-order chi connectivity index (χ0) is 30.0. The van der Waals surface area contributed by atoms with Crippen LogP contribution in [0.3, 0.4) is 0 Å². The molecule has 0 aromatic rings. The maximum Gasteiger partial charge on any atom is 0.268 e. The van der Waals surface area contributed by atoms with Crippen LogP contribution in [0.4, 0.5) is 0 Å². The molecule has 0 saturated heterocycles. The molecule has 0 aromatic heterocycles. The van der Waals surface area contributed by atoms with Gasteiger partial charge in [-0.3, -0.25) is 9.36 Å². The number of phosphoric acid groups is 1. The summed E-state index contributed by atoms with van der Waals surface area (Å²) in [6, 6.07) is -0.348. The second-order valence-corrected chi connectivity index (χ2v) is 14.9. The van der Waals surface area contributed by atoms with Gasteiger partial charge in [0.2, 0.25) is 5.91 Å². The molecule has 0 radical (unpaired) electrons. The van der Waals surface area contributed by atoms with Crippen molar-refractivity contribution in [1.82, 2.24) is 5.32 Å². The van der Waals surface area contributed by atoms with Crippen LogP contribution < -0.4 is 10.2 Å². The number of nitrogens with one attached hydrogen (secondary N) is 1. The van der Waals surface area contributed by atoms with Crippen LogP contribution in [-0.2, 0) is 18.4 Å². The third kappa shape index (κ3) is 29.4. The standard InChI is InChI=1S/C31H65N2O5PS/c1-6-8-10-12-13-14-15-16-17-18-19-20-21-23-27-40-29-30(32-31(34)24-22-11-9-7-2)28-38-39(35,36)37-26-25-33(3,4)5/h30H,6-29H2,1-5H3,(H-,32,34,35,36)/t30-/m0/s1. The molecular formula is C31H65N2O5PS. The van der Waals surface area contributed by atoms with E-state index >= 15 is 0 Å². The third-order valence-electron chi connectivity index (χ3n) is 7.03. The van der Waals surface area contributed by atoms with E-state index in [0.29, 0.717) is 23.2 Å². The molecule has 0 aromatic carbocycles. The Balaban J connectivity index is 4.14. The predicted molar refractivity (Wildman–Crippen MR) is 171 cm³/mol. The van der Waals surface area contributed by atoms with Gasteiger partial charge in [-0.15, -0.1) is 0 Å². The minimum absolute atomic E-state index is 0.0338. The summed E-state index contributed by atoms with van der Waals surface area (Å²) in [5.41, 5.74) is 0. The number of rotatable bonds is 30. The average Bonchev–Trinajstić information content (AvgIpc) is 2.88. The summed E-state index contributed by atoms with van der Waals surface area (Å²) in [6.45, 7) is 4.96. The number of thioether (sulfide) groups is 1. The van der Waals surface area contributed by atoms with Crippen LogP contribution in [0.1, 0.15) is 136 Å². The molecule has 1 N–H and O–H groups in total. The van der Waals surface area contributed by atoms with Crippen molar-refractivity contribution in [2.75, 3.05) is 52.4 Å². The summed E-state index contributed by atoms with van der Waals surface area (Å²) in [4.78, 5) is 24.7. The van der Waals surface area contributed by atoms with Crippen LogP contribution in [0.5, 0.6) is 0 Å². The number of hydrogen-bond acceptors (Lipinski definition) is 6. The first-order valence-electron chi connectivity index (χ1n) is 16.4. The van der Waals surface area contributed by atoms with Crippen LogP contribution >= 0.6 is 19.6 Å². The summed E-state index contributed by atoms with van der Waals surface area (Å²) >= 11 is 1.76. The lowest BCUT2D eigenvalue weighted by atomic mass is 10.0. The van der Waals surface area contributed by atoms with Gasteiger partial charge >= 0.3 is 0 Å². The highest BCUT2D eigenvalue weighted by atomic mass is 32.2. The summed E-state index contributed by atoms with van der Waals surface area (Å²) in [6.07, 6.45) is 23.4. The molecule has 0 fully saturated rings. The molecule has 0 aliphatic heterocycles. The topological polar surface area (TPSA) is 87.7 Å². The van der Waals surface area contributed by atoms with E-state index in [1.807, 2.05) is 21.1 Å². The van der Waals surface area contributed by atoms with E-state index in [2.05, 4.69) is 19.2 Å². The molecule has 0 aliphatic rings. The van der Waals surface area contributed by atoms with E-state index in [1.54, 1.807) is 11.8 Å². The van der Waals surface area contributed by atoms with Crippen LogP contribution in [-0.4, -0.2) is 68.8 Å². The molecule has 0 saturated carbocycles. The number of nitrogens with zero attached hydrogens (tertiary/aromatic N) is 1. The number of unbranched alkanes of at least 4 members (excludes halogenated alkanes) is 16. The lowest BCUT2D eigenvalue weighted by molar-refractivity contribution is -0.870. The maximum atomic E-state index is 12.4. The molecule has 240 valence electrons. The SMILES string of the molecule is CCCCCCCCCCCCCCCCSC[C@H](COP(=O)([O-])OCC[N+](C)(C)C)NC(=O)CCCCCC. The van der Waals surface area contributed by atoms with E-state index in [-0.39, 0.29) is 25.2 Å². The van der Waals surface area contributed by atoms with E-state index in [1.165, 1.54) is 83.5 Å². The van der Waals surface area contributed by atoms with Crippen molar-refractivity contribution in [2.45, 2.75) is 142 Å². The molecule has 9 heteroatoms. The predicted octanol–water partition coefficient (Wildman–Crippen LogP) is 7.86. The molecule has 0 spiro atoms. The Morgan fingerprint density at radius 1 is 0.775 bits per heavy atom. The van der Waals surface area contributed by atoms with Crippen molar-refractivity contribution in [3.8, 4) is 0 Å². The monoisotopic (exact) mass is 608 g/mol. The molecule has 0 aliphatic carbocycles. The lowest BCUT2D eigenvalue weighted by Gasteiger charge is -2.28. The number of quaternary nitrogens is 1. The molecule has 0 heterocycles. The zero-order valence-corrected chi connectivity index (χ0v) is 28.6. The lowest BCUT2D eigenvalue weighted by Crippen LogP contribution is -2.40. The highest BCUT2D eigenvalue weighted by molar-refractivity contribution is 7.99. The van der Waals surface area contributed by atoms with Crippen LogP contribution in [0.2, 0.25) is 0 Å². The Kier molecular flexibility index (Phi) is 26.4. The van der Waals surface area contributed by atoms with Gasteiger partial charge in [-0.1, -0.05) is 117 Å². The summed E-state index contributed by atoms with van der Waals surface area (Å²) < 4.78 is 23.0. The van der Waals surface area contributed by atoms with Crippen molar-refractivity contribution in [1.29, 1.82) is 0 Å². The number of likely N-dealkylation sites (N-methyl/N-ethyl adjacent to an activating group) is 1. The van der Waals surface area contributed by atoms with Gasteiger partial charge in [0.25, 0.3) is 7.82 Å². The summed E-state index contributed by atoms with van der Waals surface area (Å²) in [7, 11) is 1.52. The fourth-order valence-electron chi connectivity index (χ4n) is 4.41. The van der Waals surface area contributed by atoms with Gasteiger partial charge in [-0.2, -0.15) is 11.8 Å². The fraction of sp³-hybridized carbons (Fsp3) is 0.968. The highest BCUT2D eigenvalue weighted by Crippen LogP contribution is 2.38. The average molecular weight is 609 g/mol. The van der Waals surface area contributed by atoms with Gasteiger partial charge in [-0.25, -0.2) is 0 Å². The van der Waals surface area contributed by atoms with Gasteiger partial charge in [0.15, 0.2) is 0 Å². The molecule has 40 heavy (non-hydrogen) atoms. The smallest absolute Gasteiger partial charge is 0.268 e. The van der Waals surface area contributed by atoms with Gasteiger partial charge in [0.05, 0.1) is 33.8 Å². The van der Waals surface area contributed by atoms with Crippen LogP contribution in [0, 0.1) is 0 Å². The number of hydrogen-bond donors (Lipinski definition) is 1. The maximum absolute atomic E-state index is 12.4.